The Kier molecular flexibility index (Phi) is 5.14. The van der Waals surface area contributed by atoms with E-state index in [2.05, 4.69) is 29.6 Å². The summed E-state index contributed by atoms with van der Waals surface area (Å²) in [6.45, 7) is 9.04. The largest absolute Gasteiger partial charge is 0.378 e. The van der Waals surface area contributed by atoms with Crippen LogP contribution < -0.4 is 10.6 Å². The number of aryl methyl sites for hydroxylation is 1. The highest BCUT2D eigenvalue weighted by Crippen LogP contribution is 2.15. The minimum absolute atomic E-state index is 0.0591. The Morgan fingerprint density at radius 1 is 1.65 bits per heavy atom. The van der Waals surface area contributed by atoms with Gasteiger partial charge in [-0.05, 0) is 19.3 Å². The van der Waals surface area contributed by atoms with E-state index in [1.54, 1.807) is 6.20 Å². The van der Waals surface area contributed by atoms with Crippen molar-refractivity contribution < 1.29 is 9.53 Å². The van der Waals surface area contributed by atoms with Gasteiger partial charge in [0.05, 0.1) is 30.8 Å². The van der Waals surface area contributed by atoms with Crippen LogP contribution in [0.3, 0.4) is 0 Å². The molecule has 6 nitrogen and oxygen atoms in total. The fourth-order valence-electron chi connectivity index (χ4n) is 2.13. The molecule has 2 rings (SSSR count). The molecule has 0 bridgehead atoms. The third kappa shape index (κ3) is 3.80. The maximum atomic E-state index is 12.1. The summed E-state index contributed by atoms with van der Waals surface area (Å²) in [5, 5.41) is 10.4. The number of morpholine rings is 1. The molecule has 20 heavy (non-hydrogen) atoms. The zero-order valence-corrected chi connectivity index (χ0v) is 12.5. The monoisotopic (exact) mass is 280 g/mol. The number of hydrogen-bond acceptors (Lipinski definition) is 4. The Hall–Kier alpha value is -1.40. The van der Waals surface area contributed by atoms with E-state index in [4.69, 9.17) is 4.74 Å². The third-order valence-corrected chi connectivity index (χ3v) is 3.52. The van der Waals surface area contributed by atoms with Crippen LogP contribution in [-0.4, -0.2) is 41.5 Å². The van der Waals surface area contributed by atoms with E-state index in [9.17, 15) is 4.79 Å². The zero-order valence-electron chi connectivity index (χ0n) is 12.5. The lowest BCUT2D eigenvalue weighted by molar-refractivity contribution is -0.120. The Labute approximate surface area is 119 Å². The van der Waals surface area contributed by atoms with Gasteiger partial charge in [0, 0.05) is 13.1 Å². The number of nitrogens with one attached hydrogen (secondary N) is 2. The van der Waals surface area contributed by atoms with Crippen LogP contribution in [0.15, 0.2) is 6.20 Å². The van der Waals surface area contributed by atoms with E-state index < -0.39 is 0 Å². The van der Waals surface area contributed by atoms with Gasteiger partial charge in [-0.15, -0.1) is 0 Å². The smallest absolute Gasteiger partial charge is 0.243 e. The van der Waals surface area contributed by atoms with Crippen LogP contribution in [0.1, 0.15) is 26.0 Å². The molecular formula is C14H24N4O2. The number of hydrogen-bond donors (Lipinski definition) is 2. The molecule has 2 N–H and O–H groups in total. The molecule has 0 spiro atoms. The lowest BCUT2D eigenvalue weighted by atomic mass is 10.1. The summed E-state index contributed by atoms with van der Waals surface area (Å²) >= 11 is 0. The molecule has 1 fully saturated rings. The molecule has 1 aliphatic heterocycles. The molecule has 2 heterocycles. The molecule has 1 aromatic heterocycles. The van der Waals surface area contributed by atoms with E-state index in [1.807, 2.05) is 11.6 Å². The standard InChI is InChI=1S/C14H24N4O2/c1-10(2)4-6-18-11(3)12(8-16-18)17-14(19)13-9-20-7-5-15-13/h8,10,13,15H,4-7,9H2,1-3H3,(H,17,19)/t13-/m1/s1. The van der Waals surface area contributed by atoms with Crippen molar-refractivity contribution >= 4 is 11.6 Å². The first-order valence-electron chi connectivity index (χ1n) is 7.22. The SMILES string of the molecule is Cc1c(NC(=O)[C@H]2COCCN2)cnn1CCC(C)C. The molecule has 0 radical (unpaired) electrons. The second-order valence-electron chi connectivity index (χ2n) is 5.62. The molecule has 0 aromatic carbocycles. The van der Waals surface area contributed by atoms with E-state index in [0.29, 0.717) is 25.7 Å². The first kappa shape index (κ1) is 15.0. The number of carbonyl (C=O) groups is 1. The third-order valence-electron chi connectivity index (χ3n) is 3.52. The highest BCUT2D eigenvalue weighted by Gasteiger charge is 2.22. The maximum Gasteiger partial charge on any atom is 0.243 e. The summed E-state index contributed by atoms with van der Waals surface area (Å²) in [7, 11) is 0. The highest BCUT2D eigenvalue weighted by atomic mass is 16.5. The summed E-state index contributed by atoms with van der Waals surface area (Å²) in [5.41, 5.74) is 1.78. The minimum Gasteiger partial charge on any atom is -0.378 e. The van der Waals surface area contributed by atoms with Crippen LogP contribution in [0.5, 0.6) is 0 Å². The number of nitrogens with zero attached hydrogens (tertiary/aromatic N) is 2. The van der Waals surface area contributed by atoms with Gasteiger partial charge in [0.25, 0.3) is 0 Å². The molecule has 0 unspecified atom stereocenters. The second-order valence-corrected chi connectivity index (χ2v) is 5.62. The van der Waals surface area contributed by atoms with Gasteiger partial charge in [0.15, 0.2) is 0 Å². The lowest BCUT2D eigenvalue weighted by Crippen LogP contribution is -2.48. The molecular weight excluding hydrogens is 256 g/mol. The van der Waals surface area contributed by atoms with E-state index in [0.717, 1.165) is 24.3 Å². The van der Waals surface area contributed by atoms with Gasteiger partial charge in [-0.1, -0.05) is 13.8 Å². The number of carbonyl (C=O) groups excluding carboxylic acids is 1. The average Bonchev–Trinajstić information content (AvgIpc) is 2.78. The molecule has 0 saturated carbocycles. The molecule has 0 aliphatic carbocycles. The van der Waals surface area contributed by atoms with Gasteiger partial charge in [-0.2, -0.15) is 5.10 Å². The van der Waals surface area contributed by atoms with Crippen LogP contribution >= 0.6 is 0 Å². The number of ether oxygens (including phenoxy) is 1. The van der Waals surface area contributed by atoms with Gasteiger partial charge in [-0.3, -0.25) is 9.48 Å². The Morgan fingerprint density at radius 2 is 2.45 bits per heavy atom. The number of aromatic nitrogens is 2. The molecule has 6 heteroatoms. The number of rotatable bonds is 5. The van der Waals surface area contributed by atoms with Crippen LogP contribution in [-0.2, 0) is 16.1 Å². The van der Waals surface area contributed by atoms with Gasteiger partial charge < -0.3 is 15.4 Å². The molecule has 1 aliphatic rings. The van der Waals surface area contributed by atoms with Crippen LogP contribution in [0.2, 0.25) is 0 Å². The molecule has 1 aromatic rings. The quantitative estimate of drug-likeness (QED) is 0.849. The first-order chi connectivity index (χ1) is 9.58. The molecule has 112 valence electrons. The summed E-state index contributed by atoms with van der Waals surface area (Å²) in [5.74, 6) is 0.580. The van der Waals surface area contributed by atoms with Crippen molar-refractivity contribution in [3.8, 4) is 0 Å². The summed E-state index contributed by atoms with van der Waals surface area (Å²) in [4.78, 5) is 12.1. The number of anilines is 1. The van der Waals surface area contributed by atoms with Gasteiger partial charge in [-0.25, -0.2) is 0 Å². The van der Waals surface area contributed by atoms with Gasteiger partial charge in [0.2, 0.25) is 5.91 Å². The van der Waals surface area contributed by atoms with Crippen LogP contribution in [0, 0.1) is 12.8 Å². The second kappa shape index (κ2) is 6.85. The van der Waals surface area contributed by atoms with Crippen LogP contribution in [0.4, 0.5) is 5.69 Å². The van der Waals surface area contributed by atoms with E-state index in [-0.39, 0.29) is 11.9 Å². The highest BCUT2D eigenvalue weighted by molar-refractivity contribution is 5.95. The van der Waals surface area contributed by atoms with Crippen LogP contribution in [0.25, 0.3) is 0 Å². The Bertz CT molecular complexity index is 450. The zero-order chi connectivity index (χ0) is 14.5. The van der Waals surface area contributed by atoms with Gasteiger partial charge >= 0.3 is 0 Å². The predicted octanol–water partition coefficient (Wildman–Crippen LogP) is 1.16. The predicted molar refractivity (Wildman–Crippen MR) is 77.7 cm³/mol. The van der Waals surface area contributed by atoms with E-state index in [1.165, 1.54) is 0 Å². The minimum atomic E-state index is -0.276. The number of amides is 1. The first-order valence-corrected chi connectivity index (χ1v) is 7.22. The van der Waals surface area contributed by atoms with Crippen molar-refractivity contribution in [1.29, 1.82) is 0 Å². The van der Waals surface area contributed by atoms with Gasteiger partial charge in [0.1, 0.15) is 6.04 Å². The lowest BCUT2D eigenvalue weighted by Gasteiger charge is -2.22. The topological polar surface area (TPSA) is 68.2 Å². The van der Waals surface area contributed by atoms with E-state index >= 15 is 0 Å². The molecule has 1 amide bonds. The normalized spacial score (nSPS) is 19.3. The summed E-state index contributed by atoms with van der Waals surface area (Å²) < 4.78 is 7.24. The Balaban J connectivity index is 1.93. The maximum absolute atomic E-state index is 12.1. The van der Waals surface area contributed by atoms with Crippen molar-refractivity contribution in [1.82, 2.24) is 15.1 Å². The fraction of sp³-hybridized carbons (Fsp3) is 0.714. The Morgan fingerprint density at radius 3 is 3.10 bits per heavy atom. The molecule has 1 atom stereocenters. The van der Waals surface area contributed by atoms with Crippen molar-refractivity contribution in [3.05, 3.63) is 11.9 Å². The summed E-state index contributed by atoms with van der Waals surface area (Å²) in [6.07, 6.45) is 2.80. The fourth-order valence-corrected chi connectivity index (χ4v) is 2.13. The van der Waals surface area contributed by atoms with Crippen molar-refractivity contribution in [3.63, 3.8) is 0 Å². The molecule has 1 saturated heterocycles. The van der Waals surface area contributed by atoms with Crippen molar-refractivity contribution in [2.75, 3.05) is 25.1 Å². The van der Waals surface area contributed by atoms with Crippen molar-refractivity contribution in [2.45, 2.75) is 39.8 Å². The summed E-state index contributed by atoms with van der Waals surface area (Å²) in [6, 6.07) is -0.276. The van der Waals surface area contributed by atoms with Crippen molar-refractivity contribution in [2.24, 2.45) is 5.92 Å². The average molecular weight is 280 g/mol.